The van der Waals surface area contributed by atoms with Crippen molar-refractivity contribution in [3.63, 3.8) is 0 Å². The van der Waals surface area contributed by atoms with Crippen LogP contribution < -0.4 is 5.32 Å². The number of nitrogens with one attached hydrogen (secondary N) is 1. The first kappa shape index (κ1) is 18.5. The van der Waals surface area contributed by atoms with E-state index in [4.69, 9.17) is 5.53 Å². The fourth-order valence-corrected chi connectivity index (χ4v) is 2.60. The van der Waals surface area contributed by atoms with E-state index in [1.807, 2.05) is 0 Å². The number of unbranched alkanes of at least 4 members (excludes halogenated alkanes) is 6. The number of azide groups is 1. The maximum absolute atomic E-state index is 10.9. The maximum atomic E-state index is 10.9. The average Bonchev–Trinajstić information content (AvgIpc) is 3.09. The van der Waals surface area contributed by atoms with Crippen LogP contribution in [0.5, 0.6) is 0 Å². The van der Waals surface area contributed by atoms with Crippen molar-refractivity contribution >= 4 is 22.4 Å². The van der Waals surface area contributed by atoms with Gasteiger partial charge < -0.3 is 5.32 Å². The number of nitro benzene ring substituents is 1. The normalized spacial score (nSPS) is 10.6. The molecule has 25 heavy (non-hydrogen) atoms. The average molecular weight is 347 g/mol. The third-order valence-corrected chi connectivity index (χ3v) is 3.90. The van der Waals surface area contributed by atoms with Gasteiger partial charge in [-0.25, -0.2) is 4.63 Å². The molecule has 2 aromatic rings. The molecule has 0 aliphatic carbocycles. The lowest BCUT2D eigenvalue weighted by molar-refractivity contribution is -0.383. The van der Waals surface area contributed by atoms with Gasteiger partial charge in [-0.15, -0.1) is 0 Å². The molecule has 0 atom stereocenters. The van der Waals surface area contributed by atoms with E-state index in [0.717, 1.165) is 45.1 Å². The molecule has 0 fully saturated rings. The molecular formula is C15H21N7O3. The third kappa shape index (κ3) is 5.61. The molecule has 0 bridgehead atoms. The van der Waals surface area contributed by atoms with E-state index in [9.17, 15) is 10.1 Å². The van der Waals surface area contributed by atoms with Crippen LogP contribution in [0.15, 0.2) is 21.9 Å². The predicted octanol–water partition coefficient (Wildman–Crippen LogP) is 4.58. The third-order valence-electron chi connectivity index (χ3n) is 3.90. The van der Waals surface area contributed by atoms with Crippen molar-refractivity contribution in [2.24, 2.45) is 5.11 Å². The Morgan fingerprint density at radius 2 is 1.80 bits per heavy atom. The van der Waals surface area contributed by atoms with Crippen LogP contribution in [-0.2, 0) is 0 Å². The summed E-state index contributed by atoms with van der Waals surface area (Å²) in [5.41, 5.74) is 9.30. The van der Waals surface area contributed by atoms with Crippen molar-refractivity contribution in [3.05, 3.63) is 32.7 Å². The van der Waals surface area contributed by atoms with Gasteiger partial charge >= 0.3 is 5.69 Å². The number of aromatic nitrogens is 2. The molecule has 0 amide bonds. The number of rotatable bonds is 12. The molecule has 1 aromatic heterocycles. The molecule has 1 heterocycles. The van der Waals surface area contributed by atoms with E-state index < -0.39 is 4.92 Å². The van der Waals surface area contributed by atoms with E-state index in [1.54, 1.807) is 6.07 Å². The quantitative estimate of drug-likeness (QED) is 0.148. The summed E-state index contributed by atoms with van der Waals surface area (Å²) in [6.45, 7) is 1.34. The summed E-state index contributed by atoms with van der Waals surface area (Å²) in [7, 11) is 0. The van der Waals surface area contributed by atoms with Gasteiger partial charge in [-0.05, 0) is 34.8 Å². The monoisotopic (exact) mass is 347 g/mol. The Hall–Kier alpha value is -2.87. The Morgan fingerprint density at radius 1 is 1.12 bits per heavy atom. The lowest BCUT2D eigenvalue weighted by atomic mass is 10.1. The van der Waals surface area contributed by atoms with Crippen molar-refractivity contribution in [2.45, 2.75) is 44.9 Å². The van der Waals surface area contributed by atoms with Crippen molar-refractivity contribution < 1.29 is 9.55 Å². The Balaban J connectivity index is 1.65. The van der Waals surface area contributed by atoms with Crippen LogP contribution in [0.3, 0.4) is 0 Å². The number of benzene rings is 1. The van der Waals surface area contributed by atoms with Crippen LogP contribution >= 0.6 is 0 Å². The highest BCUT2D eigenvalue weighted by Crippen LogP contribution is 2.28. The summed E-state index contributed by atoms with van der Waals surface area (Å²) in [5, 5.41) is 25.0. The summed E-state index contributed by atoms with van der Waals surface area (Å²) >= 11 is 0. The number of non-ortho nitro benzene ring substituents is 1. The first-order valence-corrected chi connectivity index (χ1v) is 8.38. The van der Waals surface area contributed by atoms with Gasteiger partial charge in [0.05, 0.1) is 10.6 Å². The second-order valence-electron chi connectivity index (χ2n) is 5.71. The minimum Gasteiger partial charge on any atom is -0.383 e. The molecule has 1 N–H and O–H groups in total. The maximum Gasteiger partial charge on any atom is 0.300 e. The number of fused-ring (bicyclic) bond motifs is 1. The first-order chi connectivity index (χ1) is 12.2. The molecule has 1 aromatic carbocycles. The van der Waals surface area contributed by atoms with E-state index in [2.05, 4.69) is 30.3 Å². The summed E-state index contributed by atoms with van der Waals surface area (Å²) in [4.78, 5) is 13.2. The first-order valence-electron chi connectivity index (χ1n) is 8.38. The Bertz CT molecular complexity index is 740. The fourth-order valence-electron chi connectivity index (χ4n) is 2.60. The van der Waals surface area contributed by atoms with Gasteiger partial charge in [0.25, 0.3) is 0 Å². The molecule has 0 aliphatic heterocycles. The van der Waals surface area contributed by atoms with Crippen molar-refractivity contribution in [2.75, 3.05) is 18.4 Å². The van der Waals surface area contributed by atoms with Crippen molar-refractivity contribution in [1.82, 2.24) is 10.3 Å². The van der Waals surface area contributed by atoms with Gasteiger partial charge in [0.2, 0.25) is 5.52 Å². The largest absolute Gasteiger partial charge is 0.383 e. The molecule has 10 nitrogen and oxygen atoms in total. The van der Waals surface area contributed by atoms with Crippen LogP contribution in [0.25, 0.3) is 21.5 Å². The van der Waals surface area contributed by atoms with E-state index >= 15 is 0 Å². The van der Waals surface area contributed by atoms with Crippen molar-refractivity contribution in [3.8, 4) is 0 Å². The van der Waals surface area contributed by atoms with Gasteiger partial charge in [-0.1, -0.05) is 37.2 Å². The predicted molar refractivity (Wildman–Crippen MR) is 93.3 cm³/mol. The summed E-state index contributed by atoms with van der Waals surface area (Å²) < 4.78 is 4.63. The second-order valence-corrected chi connectivity index (χ2v) is 5.71. The Morgan fingerprint density at radius 3 is 2.52 bits per heavy atom. The van der Waals surface area contributed by atoms with Gasteiger partial charge in [-0.2, -0.15) is 0 Å². The molecule has 0 saturated heterocycles. The Kier molecular flexibility index (Phi) is 7.45. The molecular weight excluding hydrogens is 326 g/mol. The van der Waals surface area contributed by atoms with Crippen LogP contribution in [0, 0.1) is 10.1 Å². The molecule has 10 heteroatoms. The van der Waals surface area contributed by atoms with Crippen molar-refractivity contribution in [1.29, 1.82) is 0 Å². The van der Waals surface area contributed by atoms with Gasteiger partial charge in [0, 0.05) is 24.1 Å². The van der Waals surface area contributed by atoms with E-state index in [0.29, 0.717) is 17.7 Å². The number of nitrogens with zero attached hydrogens (tertiary/aromatic N) is 6. The zero-order chi connectivity index (χ0) is 17.9. The number of hydrogen-bond acceptors (Lipinski definition) is 7. The zero-order valence-corrected chi connectivity index (χ0v) is 13.9. The minimum absolute atomic E-state index is 0.109. The van der Waals surface area contributed by atoms with Crippen LogP contribution in [0.2, 0.25) is 0 Å². The van der Waals surface area contributed by atoms with Gasteiger partial charge in [0.15, 0.2) is 5.52 Å². The summed E-state index contributed by atoms with van der Waals surface area (Å²) in [6, 6.07) is 3.04. The topological polar surface area (TPSA) is 143 Å². The molecule has 0 saturated carbocycles. The standard InChI is InChI=1S/C15H21N7O3/c16-21-18-11-7-5-3-1-2-4-6-10-17-12-8-9-13(22(23)24)15-14(12)19-25-20-15/h8-9,17H,1-7,10-11H2. The van der Waals surface area contributed by atoms with Gasteiger partial charge in [-0.3, -0.25) is 10.1 Å². The lowest BCUT2D eigenvalue weighted by Crippen LogP contribution is -2.02. The molecule has 134 valence electrons. The minimum atomic E-state index is -0.497. The lowest BCUT2D eigenvalue weighted by Gasteiger charge is -2.06. The zero-order valence-electron chi connectivity index (χ0n) is 13.9. The Labute approximate surface area is 144 Å². The van der Waals surface area contributed by atoms with E-state index in [1.165, 1.54) is 12.5 Å². The molecule has 0 aliphatic rings. The highest BCUT2D eigenvalue weighted by Gasteiger charge is 2.19. The second kappa shape index (κ2) is 10.1. The molecule has 0 spiro atoms. The highest BCUT2D eigenvalue weighted by molar-refractivity contribution is 5.93. The fraction of sp³-hybridized carbons (Fsp3) is 0.600. The van der Waals surface area contributed by atoms with Crippen LogP contribution in [0.1, 0.15) is 44.9 Å². The molecule has 0 unspecified atom stereocenters. The van der Waals surface area contributed by atoms with E-state index in [-0.39, 0.29) is 11.2 Å². The molecule has 0 radical (unpaired) electrons. The number of hydrogen-bond donors (Lipinski definition) is 1. The number of anilines is 1. The highest BCUT2D eigenvalue weighted by atomic mass is 16.6. The SMILES string of the molecule is [N-]=[N+]=NCCCCCCCCCNc1ccc([N+](=O)[O-])c2nonc12. The van der Waals surface area contributed by atoms with Gasteiger partial charge in [0.1, 0.15) is 0 Å². The summed E-state index contributed by atoms with van der Waals surface area (Å²) in [5.74, 6) is 0. The van der Waals surface area contributed by atoms with Crippen LogP contribution in [0.4, 0.5) is 11.4 Å². The number of nitro groups is 1. The smallest absolute Gasteiger partial charge is 0.300 e. The van der Waals surface area contributed by atoms with Crippen LogP contribution in [-0.4, -0.2) is 28.3 Å². The molecule has 2 rings (SSSR count). The summed E-state index contributed by atoms with van der Waals surface area (Å²) in [6.07, 6.45) is 7.64.